The summed E-state index contributed by atoms with van der Waals surface area (Å²) in [4.78, 5) is 32.6. The van der Waals surface area contributed by atoms with E-state index < -0.39 is 0 Å². The van der Waals surface area contributed by atoms with Gasteiger partial charge in [-0.05, 0) is 47.8 Å². The summed E-state index contributed by atoms with van der Waals surface area (Å²) in [7, 11) is 0. The van der Waals surface area contributed by atoms with Crippen molar-refractivity contribution in [3.05, 3.63) is 94.2 Å². The molecule has 2 amide bonds. The first-order valence-corrected chi connectivity index (χ1v) is 13.8. The van der Waals surface area contributed by atoms with Crippen LogP contribution in [0, 0.1) is 5.92 Å². The van der Waals surface area contributed by atoms with E-state index in [9.17, 15) is 9.59 Å². The van der Waals surface area contributed by atoms with Gasteiger partial charge in [0.2, 0.25) is 11.8 Å². The first-order valence-electron chi connectivity index (χ1n) is 12.9. The van der Waals surface area contributed by atoms with Crippen molar-refractivity contribution >= 4 is 23.2 Å². The van der Waals surface area contributed by atoms with Crippen molar-refractivity contribution in [1.29, 1.82) is 0 Å². The van der Waals surface area contributed by atoms with Gasteiger partial charge in [0.25, 0.3) is 0 Å². The van der Waals surface area contributed by atoms with E-state index in [1.807, 2.05) is 52.3 Å². The zero-order chi connectivity index (χ0) is 24.0. The molecule has 0 bridgehead atoms. The van der Waals surface area contributed by atoms with E-state index in [2.05, 4.69) is 35.7 Å². The first-order chi connectivity index (χ1) is 17.2. The Morgan fingerprint density at radius 2 is 1.54 bits per heavy atom. The molecule has 0 saturated heterocycles. The molecule has 35 heavy (non-hydrogen) atoms. The lowest BCUT2D eigenvalue weighted by molar-refractivity contribution is -0.144. The van der Waals surface area contributed by atoms with Gasteiger partial charge in [0.05, 0.1) is 6.54 Å². The summed E-state index contributed by atoms with van der Waals surface area (Å²) in [5.74, 6) is 0.511. The number of thiophene rings is 1. The minimum absolute atomic E-state index is 0.00648. The van der Waals surface area contributed by atoms with Crippen LogP contribution in [0.5, 0.6) is 0 Å². The molecule has 2 aliphatic carbocycles. The average molecular weight is 487 g/mol. The highest BCUT2D eigenvalue weighted by molar-refractivity contribution is 7.09. The Morgan fingerprint density at radius 3 is 2.23 bits per heavy atom. The maximum Gasteiger partial charge on any atom is 0.242 e. The third-order valence-corrected chi connectivity index (χ3v) is 8.30. The summed E-state index contributed by atoms with van der Waals surface area (Å²) in [6.07, 6.45) is 6.40. The SMILES string of the molecule is O=C(CN(C(=O)C1C[C@H]1c1ccccc1)C1CCCCC1)N(Cc1ccccc1)Cc1cccs1. The standard InChI is InChI=1S/C30H34N2O2S/c33-29(31(21-26-17-10-18-35-26)20-23-11-4-1-5-12-23)22-32(25-15-8-3-9-16-25)30(34)28-19-27(28)24-13-6-2-7-14-24/h1-2,4-7,10-14,17-18,25,27-28H,3,8-9,15-16,19-22H2/t27-,28?/m0/s1. The number of carbonyl (C=O) groups excluding carboxylic acids is 2. The number of benzene rings is 2. The van der Waals surface area contributed by atoms with Crippen LogP contribution < -0.4 is 0 Å². The lowest BCUT2D eigenvalue weighted by Crippen LogP contribution is -2.48. The van der Waals surface area contributed by atoms with Gasteiger partial charge in [0, 0.05) is 23.4 Å². The van der Waals surface area contributed by atoms with Crippen molar-refractivity contribution in [2.24, 2.45) is 5.92 Å². The zero-order valence-corrected chi connectivity index (χ0v) is 21.0. The predicted molar refractivity (Wildman–Crippen MR) is 141 cm³/mol. The molecular weight excluding hydrogens is 452 g/mol. The summed E-state index contributed by atoms with van der Waals surface area (Å²) >= 11 is 1.67. The summed E-state index contributed by atoms with van der Waals surface area (Å²) < 4.78 is 0. The van der Waals surface area contributed by atoms with Crippen molar-refractivity contribution in [2.75, 3.05) is 6.54 Å². The Hall–Kier alpha value is -2.92. The van der Waals surface area contributed by atoms with Crippen molar-refractivity contribution in [1.82, 2.24) is 9.80 Å². The molecule has 0 radical (unpaired) electrons. The fourth-order valence-corrected chi connectivity index (χ4v) is 6.12. The number of amides is 2. The van der Waals surface area contributed by atoms with E-state index in [0.717, 1.165) is 42.5 Å². The number of rotatable bonds is 9. The molecule has 4 nitrogen and oxygen atoms in total. The van der Waals surface area contributed by atoms with E-state index in [0.29, 0.717) is 13.1 Å². The molecule has 2 fully saturated rings. The molecule has 0 aliphatic heterocycles. The van der Waals surface area contributed by atoms with Gasteiger partial charge in [0.1, 0.15) is 6.54 Å². The highest BCUT2D eigenvalue weighted by Gasteiger charge is 2.47. The van der Waals surface area contributed by atoms with Crippen LogP contribution in [0.2, 0.25) is 0 Å². The topological polar surface area (TPSA) is 40.6 Å². The van der Waals surface area contributed by atoms with Crippen LogP contribution in [0.4, 0.5) is 0 Å². The molecule has 1 unspecified atom stereocenters. The first kappa shape index (κ1) is 23.8. The molecule has 2 atom stereocenters. The zero-order valence-electron chi connectivity index (χ0n) is 20.2. The van der Waals surface area contributed by atoms with Gasteiger partial charge in [-0.1, -0.05) is 86.0 Å². The van der Waals surface area contributed by atoms with E-state index in [1.54, 1.807) is 11.3 Å². The van der Waals surface area contributed by atoms with E-state index in [4.69, 9.17) is 0 Å². The Kier molecular flexibility index (Phi) is 7.63. The highest BCUT2D eigenvalue weighted by Crippen LogP contribution is 2.49. The van der Waals surface area contributed by atoms with Gasteiger partial charge in [-0.2, -0.15) is 0 Å². The second-order valence-corrected chi connectivity index (χ2v) is 11.0. The van der Waals surface area contributed by atoms with Gasteiger partial charge in [-0.25, -0.2) is 0 Å². The second-order valence-electron chi connectivity index (χ2n) is 9.93. The fourth-order valence-electron chi connectivity index (χ4n) is 5.40. The molecule has 5 rings (SSSR count). The Balaban J connectivity index is 1.33. The van der Waals surface area contributed by atoms with E-state index >= 15 is 0 Å². The molecule has 1 heterocycles. The highest BCUT2D eigenvalue weighted by atomic mass is 32.1. The minimum atomic E-state index is 0.00648. The monoisotopic (exact) mass is 486 g/mol. The van der Waals surface area contributed by atoms with Gasteiger partial charge in [0.15, 0.2) is 0 Å². The molecule has 0 spiro atoms. The molecule has 5 heteroatoms. The van der Waals surface area contributed by atoms with Crippen LogP contribution in [0.1, 0.15) is 60.4 Å². The average Bonchev–Trinajstić information content (AvgIpc) is 3.55. The number of hydrogen-bond donors (Lipinski definition) is 0. The Morgan fingerprint density at radius 1 is 0.829 bits per heavy atom. The third-order valence-electron chi connectivity index (χ3n) is 7.44. The van der Waals surface area contributed by atoms with Crippen LogP contribution in [0.3, 0.4) is 0 Å². The largest absolute Gasteiger partial charge is 0.332 e. The Labute approximate surface area is 212 Å². The van der Waals surface area contributed by atoms with Crippen LogP contribution in [-0.4, -0.2) is 34.2 Å². The smallest absolute Gasteiger partial charge is 0.242 e. The number of carbonyl (C=O) groups is 2. The van der Waals surface area contributed by atoms with Crippen molar-refractivity contribution in [3.63, 3.8) is 0 Å². The van der Waals surface area contributed by atoms with Gasteiger partial charge < -0.3 is 9.80 Å². The minimum Gasteiger partial charge on any atom is -0.332 e. The molecule has 3 aromatic rings. The van der Waals surface area contributed by atoms with Gasteiger partial charge in [-0.15, -0.1) is 11.3 Å². The lowest BCUT2D eigenvalue weighted by atomic mass is 9.93. The van der Waals surface area contributed by atoms with Crippen LogP contribution in [-0.2, 0) is 22.7 Å². The molecule has 2 aliphatic rings. The molecule has 2 saturated carbocycles. The summed E-state index contributed by atoms with van der Waals surface area (Å²) in [6, 6.07) is 24.8. The van der Waals surface area contributed by atoms with Crippen molar-refractivity contribution in [3.8, 4) is 0 Å². The normalized spacial score (nSPS) is 19.8. The molecule has 182 valence electrons. The van der Waals surface area contributed by atoms with E-state index in [-0.39, 0.29) is 36.2 Å². The summed E-state index contributed by atoms with van der Waals surface area (Å²) in [5.41, 5.74) is 2.35. The van der Waals surface area contributed by atoms with Gasteiger partial charge >= 0.3 is 0 Å². The maximum absolute atomic E-state index is 13.8. The second kappa shape index (κ2) is 11.2. The summed E-state index contributed by atoms with van der Waals surface area (Å²) in [6.45, 7) is 1.31. The van der Waals surface area contributed by atoms with Crippen molar-refractivity contribution < 1.29 is 9.59 Å². The van der Waals surface area contributed by atoms with Crippen LogP contribution >= 0.6 is 11.3 Å². The van der Waals surface area contributed by atoms with E-state index in [1.165, 1.54) is 12.0 Å². The molecule has 1 aromatic heterocycles. The summed E-state index contributed by atoms with van der Waals surface area (Å²) in [5, 5.41) is 2.05. The fraction of sp³-hybridized carbons (Fsp3) is 0.400. The molecular formula is C30H34N2O2S. The number of hydrogen-bond acceptors (Lipinski definition) is 3. The predicted octanol–water partition coefficient (Wildman–Crippen LogP) is 6.24. The van der Waals surface area contributed by atoms with Crippen LogP contribution in [0.15, 0.2) is 78.2 Å². The third kappa shape index (κ3) is 6.02. The van der Waals surface area contributed by atoms with Crippen molar-refractivity contribution in [2.45, 2.75) is 63.6 Å². The number of nitrogens with zero attached hydrogens (tertiary/aromatic N) is 2. The lowest BCUT2D eigenvalue weighted by Gasteiger charge is -2.36. The maximum atomic E-state index is 13.8. The van der Waals surface area contributed by atoms with Crippen LogP contribution in [0.25, 0.3) is 0 Å². The molecule has 0 N–H and O–H groups in total. The van der Waals surface area contributed by atoms with Gasteiger partial charge in [-0.3, -0.25) is 9.59 Å². The molecule has 2 aromatic carbocycles. The quantitative estimate of drug-likeness (QED) is 0.359. The Bertz CT molecular complexity index is 1090.